The molecule has 0 heterocycles. The molecule has 0 aromatic heterocycles. The second kappa shape index (κ2) is 6.44. The molecule has 0 radical (unpaired) electrons. The van der Waals surface area contributed by atoms with E-state index in [9.17, 15) is 8.78 Å². The number of hydrogen-bond acceptors (Lipinski definition) is 2. The lowest BCUT2D eigenvalue weighted by atomic mass is 10.2. The topological polar surface area (TPSA) is 24.4 Å². The summed E-state index contributed by atoms with van der Waals surface area (Å²) in [5, 5.41) is 3.82. The lowest BCUT2D eigenvalue weighted by molar-refractivity contribution is 0.585. The molecule has 2 aromatic carbocycles. The average Bonchev–Trinajstić information content (AvgIpc) is 2.42. The van der Waals surface area contributed by atoms with Crippen LogP contribution in [0.2, 0.25) is 0 Å². The van der Waals surface area contributed by atoms with Crippen molar-refractivity contribution in [2.24, 2.45) is 5.10 Å². The van der Waals surface area contributed by atoms with Crippen molar-refractivity contribution in [1.29, 1.82) is 0 Å². The Labute approximate surface area is 110 Å². The van der Waals surface area contributed by atoms with Crippen molar-refractivity contribution in [3.8, 4) is 0 Å². The van der Waals surface area contributed by atoms with Crippen LogP contribution in [0.5, 0.6) is 0 Å². The van der Waals surface area contributed by atoms with E-state index in [1.54, 1.807) is 6.08 Å². The molecule has 4 heteroatoms. The Morgan fingerprint density at radius 1 is 1.00 bits per heavy atom. The van der Waals surface area contributed by atoms with Crippen molar-refractivity contribution in [3.05, 3.63) is 71.8 Å². The predicted molar refractivity (Wildman–Crippen MR) is 73.9 cm³/mol. The summed E-state index contributed by atoms with van der Waals surface area (Å²) in [6.07, 6.45) is 5.09. The van der Waals surface area contributed by atoms with Crippen LogP contribution in [0.4, 0.5) is 14.5 Å². The summed E-state index contributed by atoms with van der Waals surface area (Å²) in [5.41, 5.74) is 3.68. The molecule has 2 aromatic rings. The minimum absolute atomic E-state index is 0.130. The highest BCUT2D eigenvalue weighted by molar-refractivity contribution is 5.78. The zero-order valence-corrected chi connectivity index (χ0v) is 10.1. The number of nitrogens with zero attached hydrogens (tertiary/aromatic N) is 1. The summed E-state index contributed by atoms with van der Waals surface area (Å²) >= 11 is 0. The van der Waals surface area contributed by atoms with Gasteiger partial charge in [0.1, 0.15) is 5.82 Å². The first-order chi connectivity index (χ1) is 9.25. The first-order valence-electron chi connectivity index (χ1n) is 5.71. The number of benzene rings is 2. The van der Waals surface area contributed by atoms with Crippen LogP contribution in [0.15, 0.2) is 59.7 Å². The fourth-order valence-electron chi connectivity index (χ4n) is 1.45. The standard InChI is InChI=1S/C15H12F2N2/c16-13-8-9-15(14(17)11-13)19-18-10-4-7-12-5-2-1-3-6-12/h1-11,19H/b7-4+,18-10+. The van der Waals surface area contributed by atoms with Gasteiger partial charge in [-0.15, -0.1) is 0 Å². The number of rotatable bonds is 4. The quantitative estimate of drug-likeness (QED) is 0.648. The molecule has 19 heavy (non-hydrogen) atoms. The molecule has 0 spiro atoms. The van der Waals surface area contributed by atoms with E-state index < -0.39 is 11.6 Å². The monoisotopic (exact) mass is 258 g/mol. The van der Waals surface area contributed by atoms with Gasteiger partial charge in [-0.2, -0.15) is 5.10 Å². The molecule has 0 aliphatic heterocycles. The number of hydrazone groups is 1. The third-order valence-corrected chi connectivity index (χ3v) is 2.36. The zero-order chi connectivity index (χ0) is 13.5. The van der Waals surface area contributed by atoms with E-state index in [1.165, 1.54) is 18.3 Å². The van der Waals surface area contributed by atoms with Crippen molar-refractivity contribution in [2.75, 3.05) is 5.43 Å². The van der Waals surface area contributed by atoms with Crippen LogP contribution in [0.1, 0.15) is 5.56 Å². The van der Waals surface area contributed by atoms with Gasteiger partial charge in [0.15, 0.2) is 5.82 Å². The highest BCUT2D eigenvalue weighted by atomic mass is 19.1. The van der Waals surface area contributed by atoms with Crippen LogP contribution in [0.3, 0.4) is 0 Å². The Kier molecular flexibility index (Phi) is 4.39. The Balaban J connectivity index is 1.92. The molecule has 2 rings (SSSR count). The van der Waals surface area contributed by atoms with E-state index in [4.69, 9.17) is 0 Å². The summed E-state index contributed by atoms with van der Waals surface area (Å²) in [7, 11) is 0. The van der Waals surface area contributed by atoms with Gasteiger partial charge in [-0.05, 0) is 23.8 Å². The summed E-state index contributed by atoms with van der Waals surface area (Å²) in [5.74, 6) is -1.29. The van der Waals surface area contributed by atoms with E-state index in [2.05, 4.69) is 10.5 Å². The van der Waals surface area contributed by atoms with Crippen LogP contribution in [-0.4, -0.2) is 6.21 Å². The molecule has 0 fully saturated rings. The normalized spacial score (nSPS) is 11.3. The maximum Gasteiger partial charge on any atom is 0.151 e. The lowest BCUT2D eigenvalue weighted by Gasteiger charge is -2.00. The average molecular weight is 258 g/mol. The van der Waals surface area contributed by atoms with Gasteiger partial charge >= 0.3 is 0 Å². The summed E-state index contributed by atoms with van der Waals surface area (Å²) in [4.78, 5) is 0. The van der Waals surface area contributed by atoms with Crippen LogP contribution in [0.25, 0.3) is 6.08 Å². The second-order valence-electron chi connectivity index (χ2n) is 3.78. The predicted octanol–water partition coefficient (Wildman–Crippen LogP) is 4.08. The molecule has 0 amide bonds. The highest BCUT2D eigenvalue weighted by Gasteiger charge is 2.00. The van der Waals surface area contributed by atoms with Crippen LogP contribution in [-0.2, 0) is 0 Å². The summed E-state index contributed by atoms with van der Waals surface area (Å²) in [6, 6.07) is 13.0. The third kappa shape index (κ3) is 4.03. The Hall–Kier alpha value is -2.49. The SMILES string of the molecule is Fc1ccc(N/N=C/C=C/c2ccccc2)c(F)c1. The molecule has 96 valence electrons. The first kappa shape index (κ1) is 13.0. The molecule has 0 atom stereocenters. The second-order valence-corrected chi connectivity index (χ2v) is 3.78. The highest BCUT2D eigenvalue weighted by Crippen LogP contribution is 2.14. The van der Waals surface area contributed by atoms with Gasteiger partial charge in [0, 0.05) is 12.3 Å². The van der Waals surface area contributed by atoms with Gasteiger partial charge in [0.05, 0.1) is 5.69 Å². The summed E-state index contributed by atoms with van der Waals surface area (Å²) in [6.45, 7) is 0. The van der Waals surface area contributed by atoms with E-state index in [-0.39, 0.29) is 5.69 Å². The van der Waals surface area contributed by atoms with Crippen LogP contribution >= 0.6 is 0 Å². The zero-order valence-electron chi connectivity index (χ0n) is 10.1. The molecule has 0 saturated carbocycles. The third-order valence-electron chi connectivity index (χ3n) is 2.36. The minimum Gasteiger partial charge on any atom is -0.276 e. The van der Waals surface area contributed by atoms with Crippen molar-refractivity contribution in [3.63, 3.8) is 0 Å². The van der Waals surface area contributed by atoms with Gasteiger partial charge in [-0.3, -0.25) is 5.43 Å². The Morgan fingerprint density at radius 2 is 1.79 bits per heavy atom. The largest absolute Gasteiger partial charge is 0.276 e. The first-order valence-corrected chi connectivity index (χ1v) is 5.71. The fraction of sp³-hybridized carbons (Fsp3) is 0. The number of anilines is 1. The smallest absolute Gasteiger partial charge is 0.151 e. The Morgan fingerprint density at radius 3 is 2.53 bits per heavy atom. The van der Waals surface area contributed by atoms with Crippen molar-refractivity contribution in [1.82, 2.24) is 0 Å². The van der Waals surface area contributed by atoms with Crippen molar-refractivity contribution < 1.29 is 8.78 Å². The molecular formula is C15H12F2N2. The van der Waals surface area contributed by atoms with Crippen LogP contribution < -0.4 is 5.43 Å². The van der Waals surface area contributed by atoms with E-state index in [1.807, 2.05) is 36.4 Å². The van der Waals surface area contributed by atoms with Gasteiger partial charge in [0.25, 0.3) is 0 Å². The van der Waals surface area contributed by atoms with E-state index in [0.29, 0.717) is 0 Å². The molecular weight excluding hydrogens is 246 g/mol. The molecule has 0 aliphatic carbocycles. The molecule has 0 unspecified atom stereocenters. The Bertz CT molecular complexity index is 592. The number of hydrogen-bond donors (Lipinski definition) is 1. The van der Waals surface area contributed by atoms with Gasteiger partial charge < -0.3 is 0 Å². The molecule has 2 nitrogen and oxygen atoms in total. The van der Waals surface area contributed by atoms with Crippen LogP contribution in [0, 0.1) is 11.6 Å². The van der Waals surface area contributed by atoms with E-state index in [0.717, 1.165) is 11.6 Å². The van der Waals surface area contributed by atoms with Gasteiger partial charge in [-0.1, -0.05) is 36.4 Å². The fourth-order valence-corrected chi connectivity index (χ4v) is 1.45. The number of allylic oxidation sites excluding steroid dienone is 1. The van der Waals surface area contributed by atoms with Gasteiger partial charge in [0.2, 0.25) is 0 Å². The van der Waals surface area contributed by atoms with Crippen molar-refractivity contribution in [2.45, 2.75) is 0 Å². The maximum absolute atomic E-state index is 13.2. The summed E-state index contributed by atoms with van der Waals surface area (Å²) < 4.78 is 25.9. The minimum atomic E-state index is -0.677. The lowest BCUT2D eigenvalue weighted by Crippen LogP contribution is -1.92. The molecule has 0 aliphatic rings. The number of halogens is 2. The van der Waals surface area contributed by atoms with E-state index >= 15 is 0 Å². The number of nitrogens with one attached hydrogen (secondary N) is 1. The van der Waals surface area contributed by atoms with Crippen molar-refractivity contribution >= 4 is 18.0 Å². The molecule has 0 saturated heterocycles. The van der Waals surface area contributed by atoms with Gasteiger partial charge in [-0.25, -0.2) is 8.78 Å². The molecule has 0 bridgehead atoms. The maximum atomic E-state index is 13.2. The molecule has 1 N–H and O–H groups in total.